The van der Waals surface area contributed by atoms with E-state index in [2.05, 4.69) is 30.1 Å². The Morgan fingerprint density at radius 1 is 0.882 bits per heavy atom. The van der Waals surface area contributed by atoms with Crippen molar-refractivity contribution in [2.75, 3.05) is 5.88 Å². The van der Waals surface area contributed by atoms with Crippen molar-refractivity contribution in [2.45, 2.75) is 6.54 Å². The molecular formula is C14H15NOS. The maximum absolute atomic E-state index is 5.70. The van der Waals surface area contributed by atoms with Crippen LogP contribution < -0.4 is 10.1 Å². The molecule has 0 amide bonds. The van der Waals surface area contributed by atoms with E-state index in [4.69, 9.17) is 4.74 Å². The molecule has 0 spiro atoms. The highest BCUT2D eigenvalue weighted by Crippen LogP contribution is 2.20. The zero-order valence-electron chi connectivity index (χ0n) is 9.47. The largest absolute Gasteiger partial charge is 0.457 e. The second-order valence-corrected chi connectivity index (χ2v) is 3.96. The molecule has 2 nitrogen and oxygen atoms in total. The first-order chi connectivity index (χ1) is 8.38. The van der Waals surface area contributed by atoms with Gasteiger partial charge in [-0.1, -0.05) is 30.3 Å². The van der Waals surface area contributed by atoms with Crippen LogP contribution in [0.25, 0.3) is 0 Å². The molecule has 0 aromatic heterocycles. The highest BCUT2D eigenvalue weighted by atomic mass is 32.1. The zero-order chi connectivity index (χ0) is 11.9. The maximum atomic E-state index is 5.70. The topological polar surface area (TPSA) is 21.3 Å². The van der Waals surface area contributed by atoms with Gasteiger partial charge in [-0.15, -0.1) is 0 Å². The minimum atomic E-state index is 0.683. The van der Waals surface area contributed by atoms with E-state index in [0.717, 1.165) is 18.0 Å². The molecule has 0 aliphatic carbocycles. The van der Waals surface area contributed by atoms with Gasteiger partial charge in [-0.2, -0.15) is 12.6 Å². The van der Waals surface area contributed by atoms with Gasteiger partial charge in [-0.25, -0.2) is 0 Å². The molecule has 2 aromatic rings. The first-order valence-electron chi connectivity index (χ1n) is 5.52. The van der Waals surface area contributed by atoms with Gasteiger partial charge in [0.1, 0.15) is 11.5 Å². The van der Waals surface area contributed by atoms with Crippen LogP contribution in [0.15, 0.2) is 54.6 Å². The highest BCUT2D eigenvalue weighted by molar-refractivity contribution is 7.80. The summed E-state index contributed by atoms with van der Waals surface area (Å²) >= 11 is 4.10. The van der Waals surface area contributed by atoms with E-state index in [9.17, 15) is 0 Å². The molecule has 0 heterocycles. The maximum Gasteiger partial charge on any atom is 0.127 e. The molecule has 0 saturated heterocycles. The highest BCUT2D eigenvalue weighted by Gasteiger charge is 1.96. The van der Waals surface area contributed by atoms with Crippen molar-refractivity contribution in [3.63, 3.8) is 0 Å². The van der Waals surface area contributed by atoms with E-state index in [1.807, 2.05) is 42.5 Å². The standard InChI is InChI=1S/C14H15NOS/c17-11-15-10-12-6-8-14(9-7-12)16-13-4-2-1-3-5-13/h1-9,15,17H,10-11H2. The third kappa shape index (κ3) is 3.80. The number of hydrogen-bond donors (Lipinski definition) is 2. The molecule has 0 bridgehead atoms. The SMILES string of the molecule is SCNCc1ccc(Oc2ccccc2)cc1. The van der Waals surface area contributed by atoms with Crippen molar-refractivity contribution in [3.8, 4) is 11.5 Å². The van der Waals surface area contributed by atoms with Gasteiger partial charge in [0.05, 0.1) is 0 Å². The van der Waals surface area contributed by atoms with Crippen molar-refractivity contribution in [1.29, 1.82) is 0 Å². The number of ether oxygens (including phenoxy) is 1. The molecule has 88 valence electrons. The minimum Gasteiger partial charge on any atom is -0.457 e. The van der Waals surface area contributed by atoms with Crippen molar-refractivity contribution >= 4 is 12.6 Å². The molecule has 2 rings (SSSR count). The lowest BCUT2D eigenvalue weighted by Crippen LogP contribution is -2.09. The van der Waals surface area contributed by atoms with Crippen molar-refractivity contribution in [2.24, 2.45) is 0 Å². The molecule has 0 saturated carbocycles. The van der Waals surface area contributed by atoms with Gasteiger partial charge < -0.3 is 10.1 Å². The average molecular weight is 245 g/mol. The molecule has 2 aromatic carbocycles. The Kier molecular flexibility index (Phi) is 4.47. The lowest BCUT2D eigenvalue weighted by molar-refractivity contribution is 0.482. The Balaban J connectivity index is 1.98. The first kappa shape index (κ1) is 12.0. The Morgan fingerprint density at radius 3 is 2.18 bits per heavy atom. The number of benzene rings is 2. The molecule has 0 atom stereocenters. The Labute approximate surface area is 107 Å². The van der Waals surface area contributed by atoms with E-state index in [1.165, 1.54) is 5.56 Å². The van der Waals surface area contributed by atoms with Gasteiger partial charge in [0.2, 0.25) is 0 Å². The molecule has 17 heavy (non-hydrogen) atoms. The average Bonchev–Trinajstić information content (AvgIpc) is 2.39. The molecule has 0 aliphatic rings. The Bertz CT molecular complexity index is 442. The van der Waals surface area contributed by atoms with Crippen LogP contribution in [0.3, 0.4) is 0 Å². The van der Waals surface area contributed by atoms with Crippen molar-refractivity contribution in [3.05, 3.63) is 60.2 Å². The number of hydrogen-bond acceptors (Lipinski definition) is 3. The second-order valence-electron chi connectivity index (χ2n) is 3.64. The molecule has 1 N–H and O–H groups in total. The molecule has 0 unspecified atom stereocenters. The predicted octanol–water partition coefficient (Wildman–Crippen LogP) is 3.46. The van der Waals surface area contributed by atoms with Gasteiger partial charge in [0, 0.05) is 12.4 Å². The summed E-state index contributed by atoms with van der Waals surface area (Å²) in [6.07, 6.45) is 0. The summed E-state index contributed by atoms with van der Waals surface area (Å²) in [6, 6.07) is 17.8. The van der Waals surface area contributed by atoms with Gasteiger partial charge in [-0.05, 0) is 29.8 Å². The van der Waals surface area contributed by atoms with Crippen molar-refractivity contribution < 1.29 is 4.74 Å². The van der Waals surface area contributed by atoms with Crippen molar-refractivity contribution in [1.82, 2.24) is 5.32 Å². The van der Waals surface area contributed by atoms with Crippen LogP contribution in [0.4, 0.5) is 0 Å². The van der Waals surface area contributed by atoms with Crippen LogP contribution in [-0.4, -0.2) is 5.88 Å². The fraction of sp³-hybridized carbons (Fsp3) is 0.143. The molecular weight excluding hydrogens is 230 g/mol. The lowest BCUT2D eigenvalue weighted by Gasteiger charge is -2.06. The monoisotopic (exact) mass is 245 g/mol. The fourth-order valence-electron chi connectivity index (χ4n) is 1.50. The van der Waals surface area contributed by atoms with E-state index >= 15 is 0 Å². The smallest absolute Gasteiger partial charge is 0.127 e. The third-order valence-corrected chi connectivity index (χ3v) is 2.57. The molecule has 3 heteroatoms. The normalized spacial score (nSPS) is 10.2. The lowest BCUT2D eigenvalue weighted by atomic mass is 10.2. The Hall–Kier alpha value is -1.45. The first-order valence-corrected chi connectivity index (χ1v) is 6.15. The predicted molar refractivity (Wildman–Crippen MR) is 73.7 cm³/mol. The number of rotatable bonds is 5. The van der Waals surface area contributed by atoms with E-state index in [0.29, 0.717) is 5.88 Å². The minimum absolute atomic E-state index is 0.683. The summed E-state index contributed by atoms with van der Waals surface area (Å²) in [5.74, 6) is 2.39. The van der Waals surface area contributed by atoms with Gasteiger partial charge in [-0.3, -0.25) is 0 Å². The molecule has 0 fully saturated rings. The number of para-hydroxylation sites is 1. The second kappa shape index (κ2) is 6.33. The van der Waals surface area contributed by atoms with E-state index < -0.39 is 0 Å². The van der Waals surface area contributed by atoms with Gasteiger partial charge in [0.15, 0.2) is 0 Å². The molecule has 0 aliphatic heterocycles. The van der Waals surface area contributed by atoms with E-state index in [1.54, 1.807) is 0 Å². The summed E-state index contributed by atoms with van der Waals surface area (Å²) in [7, 11) is 0. The van der Waals surface area contributed by atoms with Crippen LogP contribution >= 0.6 is 12.6 Å². The fourth-order valence-corrected chi connectivity index (χ4v) is 1.61. The summed E-state index contributed by atoms with van der Waals surface area (Å²) < 4.78 is 5.70. The zero-order valence-corrected chi connectivity index (χ0v) is 10.4. The van der Waals surface area contributed by atoms with Crippen LogP contribution in [0.5, 0.6) is 11.5 Å². The van der Waals surface area contributed by atoms with Crippen LogP contribution in [0, 0.1) is 0 Å². The van der Waals surface area contributed by atoms with Gasteiger partial charge >= 0.3 is 0 Å². The van der Waals surface area contributed by atoms with Crippen LogP contribution in [-0.2, 0) is 6.54 Å². The summed E-state index contributed by atoms with van der Waals surface area (Å²) in [6.45, 7) is 0.828. The quantitative estimate of drug-likeness (QED) is 0.622. The molecule has 0 radical (unpaired) electrons. The van der Waals surface area contributed by atoms with Crippen LogP contribution in [0.2, 0.25) is 0 Å². The summed E-state index contributed by atoms with van der Waals surface area (Å²) in [5, 5.41) is 3.16. The van der Waals surface area contributed by atoms with E-state index in [-0.39, 0.29) is 0 Å². The number of nitrogens with one attached hydrogen (secondary N) is 1. The van der Waals surface area contributed by atoms with Crippen LogP contribution in [0.1, 0.15) is 5.56 Å². The van der Waals surface area contributed by atoms with Gasteiger partial charge in [0.25, 0.3) is 0 Å². The number of thiol groups is 1. The Morgan fingerprint density at radius 2 is 1.53 bits per heavy atom. The third-order valence-electron chi connectivity index (χ3n) is 2.34. The summed E-state index contributed by atoms with van der Waals surface area (Å²) in [5.41, 5.74) is 1.22. The summed E-state index contributed by atoms with van der Waals surface area (Å²) in [4.78, 5) is 0.